The van der Waals surface area contributed by atoms with Crippen molar-refractivity contribution in [3.05, 3.63) is 28.8 Å². The lowest BCUT2D eigenvalue weighted by Crippen LogP contribution is -2.13. The van der Waals surface area contributed by atoms with E-state index in [-0.39, 0.29) is 5.97 Å². The molecule has 2 N–H and O–H groups in total. The highest BCUT2D eigenvalue weighted by atomic mass is 35.5. The first-order chi connectivity index (χ1) is 8.19. The molecule has 0 bridgehead atoms. The minimum absolute atomic E-state index is 0.361. The molecule has 17 heavy (non-hydrogen) atoms. The quantitative estimate of drug-likeness (QED) is 0.605. The average molecular weight is 257 g/mol. The highest BCUT2D eigenvalue weighted by Crippen LogP contribution is 2.23. The fourth-order valence-electron chi connectivity index (χ4n) is 1.39. The van der Waals surface area contributed by atoms with Crippen LogP contribution in [-0.2, 0) is 4.74 Å². The number of hydrogen-bond acceptors (Lipinski definition) is 4. The Kier molecular flexibility index (Phi) is 5.80. The van der Waals surface area contributed by atoms with E-state index in [1.165, 1.54) is 7.11 Å². The molecule has 4 nitrogen and oxygen atoms in total. The fraction of sp³-hybridized carbons (Fsp3) is 0.417. The summed E-state index contributed by atoms with van der Waals surface area (Å²) in [6.45, 7) is 1.73. The van der Waals surface area contributed by atoms with Gasteiger partial charge in [-0.05, 0) is 38.2 Å². The summed E-state index contributed by atoms with van der Waals surface area (Å²) in [7, 11) is 3.27. The third-order valence-corrected chi connectivity index (χ3v) is 2.64. The van der Waals surface area contributed by atoms with Gasteiger partial charge >= 0.3 is 5.97 Å². The average Bonchev–Trinajstić information content (AvgIpc) is 2.35. The number of methoxy groups -OCH3 is 1. The molecule has 0 aromatic heterocycles. The molecule has 0 saturated heterocycles. The van der Waals surface area contributed by atoms with Crippen molar-refractivity contribution in [1.82, 2.24) is 5.32 Å². The Bertz CT molecular complexity index is 383. The molecule has 0 aliphatic heterocycles. The second-order valence-corrected chi connectivity index (χ2v) is 3.98. The second kappa shape index (κ2) is 7.14. The Morgan fingerprint density at radius 2 is 2.18 bits per heavy atom. The number of halogens is 1. The molecule has 0 aliphatic rings. The molecule has 0 unspecified atom stereocenters. The summed E-state index contributed by atoms with van der Waals surface area (Å²) in [6.07, 6.45) is 0.981. The third-order valence-electron chi connectivity index (χ3n) is 2.31. The summed E-state index contributed by atoms with van der Waals surface area (Å²) >= 11 is 6.03. The smallest absolute Gasteiger partial charge is 0.337 e. The molecule has 0 saturated carbocycles. The molecule has 1 aromatic rings. The normalized spacial score (nSPS) is 10.1. The van der Waals surface area contributed by atoms with E-state index in [9.17, 15) is 4.79 Å². The van der Waals surface area contributed by atoms with Crippen molar-refractivity contribution in [1.29, 1.82) is 0 Å². The Morgan fingerprint density at radius 3 is 2.82 bits per heavy atom. The summed E-state index contributed by atoms with van der Waals surface area (Å²) in [6, 6.07) is 5.04. The van der Waals surface area contributed by atoms with E-state index in [0.717, 1.165) is 25.2 Å². The van der Waals surface area contributed by atoms with Gasteiger partial charge in [0.25, 0.3) is 0 Å². The van der Waals surface area contributed by atoms with Crippen LogP contribution in [0.1, 0.15) is 16.8 Å². The van der Waals surface area contributed by atoms with Gasteiger partial charge in [0.1, 0.15) is 0 Å². The largest absolute Gasteiger partial charge is 0.465 e. The zero-order chi connectivity index (χ0) is 12.7. The number of benzene rings is 1. The van der Waals surface area contributed by atoms with E-state index >= 15 is 0 Å². The summed E-state index contributed by atoms with van der Waals surface area (Å²) in [5.41, 5.74) is 1.25. The predicted octanol–water partition coefficient (Wildman–Crippen LogP) is 2.15. The van der Waals surface area contributed by atoms with Crippen molar-refractivity contribution in [3.8, 4) is 0 Å². The van der Waals surface area contributed by atoms with Crippen LogP contribution < -0.4 is 10.6 Å². The molecular weight excluding hydrogens is 240 g/mol. The maximum Gasteiger partial charge on any atom is 0.337 e. The molecule has 0 heterocycles. The monoisotopic (exact) mass is 256 g/mol. The first-order valence-corrected chi connectivity index (χ1v) is 5.83. The van der Waals surface area contributed by atoms with Crippen LogP contribution in [0.3, 0.4) is 0 Å². The number of anilines is 1. The van der Waals surface area contributed by atoms with Crippen LogP contribution in [0.15, 0.2) is 18.2 Å². The van der Waals surface area contributed by atoms with Gasteiger partial charge in [0.15, 0.2) is 0 Å². The molecule has 94 valence electrons. The van der Waals surface area contributed by atoms with Gasteiger partial charge in [-0.1, -0.05) is 11.6 Å². The highest BCUT2D eigenvalue weighted by molar-refractivity contribution is 6.33. The summed E-state index contributed by atoms with van der Waals surface area (Å²) in [5.74, 6) is -0.361. The van der Waals surface area contributed by atoms with Crippen LogP contribution in [-0.4, -0.2) is 33.2 Å². The lowest BCUT2D eigenvalue weighted by atomic mass is 10.2. The Balaban J connectivity index is 2.66. The summed E-state index contributed by atoms with van der Waals surface area (Å²) in [4.78, 5) is 11.4. The number of rotatable bonds is 6. The molecule has 0 fully saturated rings. The molecular formula is C12H17ClN2O2. The van der Waals surface area contributed by atoms with Gasteiger partial charge in [0.2, 0.25) is 0 Å². The zero-order valence-electron chi connectivity index (χ0n) is 10.0. The molecule has 0 atom stereocenters. The highest BCUT2D eigenvalue weighted by Gasteiger charge is 2.08. The van der Waals surface area contributed by atoms with Crippen LogP contribution in [0.25, 0.3) is 0 Å². The summed E-state index contributed by atoms with van der Waals surface area (Å²) in [5, 5.41) is 6.85. The molecule has 1 aromatic carbocycles. The summed E-state index contributed by atoms with van der Waals surface area (Å²) < 4.78 is 4.65. The SMILES string of the molecule is CNCCCNc1cc(C(=O)OC)ccc1Cl. The van der Waals surface area contributed by atoms with Crippen LogP contribution in [0, 0.1) is 0 Å². The van der Waals surface area contributed by atoms with Crippen molar-refractivity contribution >= 4 is 23.3 Å². The molecule has 1 rings (SSSR count). The number of carbonyl (C=O) groups is 1. The number of nitrogens with one attached hydrogen (secondary N) is 2. The van der Waals surface area contributed by atoms with Crippen molar-refractivity contribution in [2.75, 3.05) is 32.6 Å². The van der Waals surface area contributed by atoms with Gasteiger partial charge in [0, 0.05) is 6.54 Å². The van der Waals surface area contributed by atoms with Crippen molar-refractivity contribution in [3.63, 3.8) is 0 Å². The molecule has 5 heteroatoms. The van der Waals surface area contributed by atoms with E-state index in [2.05, 4.69) is 15.4 Å². The van der Waals surface area contributed by atoms with Crippen molar-refractivity contribution in [2.45, 2.75) is 6.42 Å². The lowest BCUT2D eigenvalue weighted by molar-refractivity contribution is 0.0601. The van der Waals surface area contributed by atoms with Crippen LogP contribution in [0.2, 0.25) is 5.02 Å². The Hall–Kier alpha value is -1.26. The van der Waals surface area contributed by atoms with Crippen LogP contribution in [0.4, 0.5) is 5.69 Å². The zero-order valence-corrected chi connectivity index (χ0v) is 10.8. The fourth-order valence-corrected chi connectivity index (χ4v) is 1.58. The maximum atomic E-state index is 11.4. The van der Waals surface area contributed by atoms with Crippen molar-refractivity contribution in [2.24, 2.45) is 0 Å². The predicted molar refractivity (Wildman–Crippen MR) is 69.8 cm³/mol. The van der Waals surface area contributed by atoms with Gasteiger partial charge in [-0.3, -0.25) is 0 Å². The maximum absolute atomic E-state index is 11.4. The van der Waals surface area contributed by atoms with Crippen LogP contribution >= 0.6 is 11.6 Å². The molecule has 0 spiro atoms. The number of ether oxygens (including phenoxy) is 1. The van der Waals surface area contributed by atoms with E-state index in [1.54, 1.807) is 18.2 Å². The van der Waals surface area contributed by atoms with E-state index in [1.807, 2.05) is 7.05 Å². The third kappa shape index (κ3) is 4.24. The first kappa shape index (κ1) is 13.8. The minimum atomic E-state index is -0.361. The molecule has 0 aliphatic carbocycles. The Labute approximate surface area is 106 Å². The van der Waals surface area contributed by atoms with E-state index in [0.29, 0.717) is 10.6 Å². The standard InChI is InChI=1S/C12H17ClN2O2/c1-14-6-3-7-15-11-8-9(12(16)17-2)4-5-10(11)13/h4-5,8,14-15H,3,6-7H2,1-2H3. The number of esters is 1. The van der Waals surface area contributed by atoms with E-state index in [4.69, 9.17) is 11.6 Å². The first-order valence-electron chi connectivity index (χ1n) is 5.45. The lowest BCUT2D eigenvalue weighted by Gasteiger charge is -2.09. The number of hydrogen-bond donors (Lipinski definition) is 2. The number of carbonyl (C=O) groups excluding carboxylic acids is 1. The Morgan fingerprint density at radius 1 is 1.41 bits per heavy atom. The van der Waals surface area contributed by atoms with Gasteiger partial charge in [-0.25, -0.2) is 4.79 Å². The van der Waals surface area contributed by atoms with Gasteiger partial charge in [-0.2, -0.15) is 0 Å². The molecule has 0 radical (unpaired) electrons. The molecule has 0 amide bonds. The van der Waals surface area contributed by atoms with Crippen molar-refractivity contribution < 1.29 is 9.53 Å². The second-order valence-electron chi connectivity index (χ2n) is 3.57. The topological polar surface area (TPSA) is 50.4 Å². The van der Waals surface area contributed by atoms with E-state index < -0.39 is 0 Å². The van der Waals surface area contributed by atoms with Gasteiger partial charge < -0.3 is 15.4 Å². The minimum Gasteiger partial charge on any atom is -0.465 e. The van der Waals surface area contributed by atoms with Crippen LogP contribution in [0.5, 0.6) is 0 Å². The van der Waals surface area contributed by atoms with Gasteiger partial charge in [-0.15, -0.1) is 0 Å². The van der Waals surface area contributed by atoms with Gasteiger partial charge in [0.05, 0.1) is 23.4 Å².